The van der Waals surface area contributed by atoms with Crippen molar-refractivity contribution in [2.75, 3.05) is 7.11 Å². The summed E-state index contributed by atoms with van der Waals surface area (Å²) < 4.78 is 7.09. The van der Waals surface area contributed by atoms with Gasteiger partial charge in [-0.15, -0.1) is 0 Å². The van der Waals surface area contributed by atoms with E-state index < -0.39 is 0 Å². The van der Waals surface area contributed by atoms with Crippen LogP contribution in [0.5, 0.6) is 5.75 Å². The van der Waals surface area contributed by atoms with Crippen molar-refractivity contribution in [3.05, 3.63) is 48.0 Å². The Balaban J connectivity index is 2.11. The summed E-state index contributed by atoms with van der Waals surface area (Å²) in [5.41, 5.74) is 6.29. The summed E-state index contributed by atoms with van der Waals surface area (Å²) in [6.45, 7) is 0. The zero-order valence-electron chi connectivity index (χ0n) is 11.8. The van der Waals surface area contributed by atoms with Crippen LogP contribution in [0.3, 0.4) is 0 Å². The standard InChI is InChI=1S/C14H16N6O/c1-20-14(12(21-2)8-18-20)13(19-15)9-3-4-10-11(7-9)17-6-5-16-10/h3-8,13,19H,15H2,1-2H3. The number of aromatic nitrogens is 4. The first kappa shape index (κ1) is 13.5. The van der Waals surface area contributed by atoms with Gasteiger partial charge in [-0.05, 0) is 17.7 Å². The molecule has 0 spiro atoms. The van der Waals surface area contributed by atoms with Crippen molar-refractivity contribution >= 4 is 11.0 Å². The van der Waals surface area contributed by atoms with E-state index in [2.05, 4.69) is 20.5 Å². The van der Waals surface area contributed by atoms with Crippen molar-refractivity contribution in [1.29, 1.82) is 0 Å². The Morgan fingerprint density at radius 3 is 2.71 bits per heavy atom. The van der Waals surface area contributed by atoms with Crippen LogP contribution in [0.15, 0.2) is 36.8 Å². The highest BCUT2D eigenvalue weighted by Gasteiger charge is 2.21. The van der Waals surface area contributed by atoms with Gasteiger partial charge in [0.25, 0.3) is 0 Å². The maximum absolute atomic E-state index is 5.75. The van der Waals surface area contributed by atoms with Gasteiger partial charge in [0, 0.05) is 19.4 Å². The second-order valence-corrected chi connectivity index (χ2v) is 4.63. The summed E-state index contributed by atoms with van der Waals surface area (Å²) in [5, 5.41) is 4.21. The van der Waals surface area contributed by atoms with Crippen molar-refractivity contribution in [3.63, 3.8) is 0 Å². The van der Waals surface area contributed by atoms with Crippen LogP contribution in [0.1, 0.15) is 17.3 Å². The predicted octanol–water partition coefficient (Wildman–Crippen LogP) is 0.925. The average Bonchev–Trinajstić information content (AvgIpc) is 2.89. The molecule has 2 heterocycles. The third kappa shape index (κ3) is 2.32. The second-order valence-electron chi connectivity index (χ2n) is 4.63. The van der Waals surface area contributed by atoms with Gasteiger partial charge in [0.1, 0.15) is 5.69 Å². The molecule has 1 aromatic carbocycles. The van der Waals surface area contributed by atoms with Gasteiger partial charge in [0.15, 0.2) is 5.75 Å². The summed E-state index contributed by atoms with van der Waals surface area (Å²) in [6.07, 6.45) is 5.01. The molecule has 0 aliphatic carbocycles. The summed E-state index contributed by atoms with van der Waals surface area (Å²) in [5.74, 6) is 6.43. The number of nitrogens with one attached hydrogen (secondary N) is 1. The van der Waals surface area contributed by atoms with Gasteiger partial charge >= 0.3 is 0 Å². The van der Waals surface area contributed by atoms with Gasteiger partial charge in [-0.1, -0.05) is 6.07 Å². The molecule has 3 aromatic rings. The minimum atomic E-state index is -0.251. The Morgan fingerprint density at radius 2 is 2.00 bits per heavy atom. The minimum Gasteiger partial charge on any atom is -0.493 e. The van der Waals surface area contributed by atoms with E-state index in [-0.39, 0.29) is 6.04 Å². The molecule has 21 heavy (non-hydrogen) atoms. The number of ether oxygens (including phenoxy) is 1. The monoisotopic (exact) mass is 284 g/mol. The summed E-state index contributed by atoms with van der Waals surface area (Å²) >= 11 is 0. The fourth-order valence-corrected chi connectivity index (χ4v) is 2.41. The molecule has 3 rings (SSSR count). The van der Waals surface area contributed by atoms with Gasteiger partial charge in [0.2, 0.25) is 0 Å². The lowest BCUT2D eigenvalue weighted by atomic mass is 10.0. The number of benzene rings is 1. The molecule has 7 heteroatoms. The summed E-state index contributed by atoms with van der Waals surface area (Å²) in [7, 11) is 3.46. The van der Waals surface area contributed by atoms with Crippen LogP contribution in [-0.2, 0) is 7.05 Å². The molecule has 1 unspecified atom stereocenters. The van der Waals surface area contributed by atoms with Crippen LogP contribution in [0.2, 0.25) is 0 Å². The van der Waals surface area contributed by atoms with Gasteiger partial charge in [0.05, 0.1) is 30.4 Å². The number of hydrogen-bond donors (Lipinski definition) is 2. The highest BCUT2D eigenvalue weighted by atomic mass is 16.5. The van der Waals surface area contributed by atoms with Crippen LogP contribution >= 0.6 is 0 Å². The van der Waals surface area contributed by atoms with Crippen LogP contribution < -0.4 is 16.0 Å². The molecule has 0 bridgehead atoms. The van der Waals surface area contributed by atoms with E-state index in [1.165, 1.54) is 0 Å². The largest absolute Gasteiger partial charge is 0.493 e. The van der Waals surface area contributed by atoms with E-state index in [1.807, 2.05) is 25.2 Å². The second kappa shape index (κ2) is 5.47. The van der Waals surface area contributed by atoms with Gasteiger partial charge in [-0.3, -0.25) is 20.5 Å². The third-order valence-corrected chi connectivity index (χ3v) is 3.44. The molecule has 0 aliphatic heterocycles. The quantitative estimate of drug-likeness (QED) is 0.547. The molecular formula is C14H16N6O. The molecule has 0 saturated heterocycles. The first-order chi connectivity index (χ1) is 10.2. The molecule has 108 valence electrons. The Labute approximate surface area is 121 Å². The summed E-state index contributed by atoms with van der Waals surface area (Å²) in [4.78, 5) is 8.59. The van der Waals surface area contributed by atoms with E-state index in [9.17, 15) is 0 Å². The van der Waals surface area contributed by atoms with Crippen molar-refractivity contribution in [1.82, 2.24) is 25.2 Å². The molecule has 0 amide bonds. The SMILES string of the molecule is COc1cnn(C)c1C(NN)c1ccc2nccnc2c1. The lowest BCUT2D eigenvalue weighted by Gasteiger charge is -2.18. The Hall–Kier alpha value is -2.51. The molecule has 2 aromatic heterocycles. The highest BCUT2D eigenvalue weighted by Crippen LogP contribution is 2.29. The number of nitrogens with two attached hydrogens (primary N) is 1. The number of nitrogens with zero attached hydrogens (tertiary/aromatic N) is 4. The maximum atomic E-state index is 5.75. The number of fused-ring (bicyclic) bond motifs is 1. The molecule has 0 fully saturated rings. The van der Waals surface area contributed by atoms with Crippen molar-refractivity contribution in [2.45, 2.75) is 6.04 Å². The summed E-state index contributed by atoms with van der Waals surface area (Å²) in [6, 6.07) is 5.59. The Bertz CT molecular complexity index is 769. The first-order valence-electron chi connectivity index (χ1n) is 6.47. The number of aryl methyl sites for hydroxylation is 1. The molecule has 0 aliphatic rings. The highest BCUT2D eigenvalue weighted by molar-refractivity contribution is 5.74. The van der Waals surface area contributed by atoms with Gasteiger partial charge < -0.3 is 4.74 Å². The minimum absolute atomic E-state index is 0.251. The Kier molecular flexibility index (Phi) is 3.51. The number of rotatable bonds is 4. The first-order valence-corrected chi connectivity index (χ1v) is 6.47. The van der Waals surface area contributed by atoms with E-state index in [0.717, 1.165) is 22.3 Å². The molecular weight excluding hydrogens is 268 g/mol. The number of methoxy groups -OCH3 is 1. The van der Waals surface area contributed by atoms with Crippen LogP contribution in [0.25, 0.3) is 11.0 Å². The van der Waals surface area contributed by atoms with Crippen molar-refractivity contribution in [3.8, 4) is 5.75 Å². The fraction of sp³-hybridized carbons (Fsp3) is 0.214. The predicted molar refractivity (Wildman–Crippen MR) is 78.5 cm³/mol. The van der Waals surface area contributed by atoms with Gasteiger partial charge in [-0.2, -0.15) is 5.10 Å². The van der Waals surface area contributed by atoms with Gasteiger partial charge in [-0.25, -0.2) is 5.43 Å². The fourth-order valence-electron chi connectivity index (χ4n) is 2.41. The van der Waals surface area contributed by atoms with Crippen LogP contribution in [0.4, 0.5) is 0 Å². The lowest BCUT2D eigenvalue weighted by molar-refractivity contribution is 0.401. The van der Waals surface area contributed by atoms with E-state index in [4.69, 9.17) is 10.6 Å². The normalized spacial score (nSPS) is 12.5. The topological polar surface area (TPSA) is 90.9 Å². The van der Waals surface area contributed by atoms with Crippen LogP contribution in [0, 0.1) is 0 Å². The number of hydrazine groups is 1. The smallest absolute Gasteiger partial charge is 0.161 e. The zero-order chi connectivity index (χ0) is 14.8. The Morgan fingerprint density at radius 1 is 1.24 bits per heavy atom. The third-order valence-electron chi connectivity index (χ3n) is 3.44. The zero-order valence-corrected chi connectivity index (χ0v) is 11.8. The maximum Gasteiger partial charge on any atom is 0.161 e. The average molecular weight is 284 g/mol. The number of hydrogen-bond acceptors (Lipinski definition) is 6. The molecule has 1 atom stereocenters. The molecule has 0 radical (unpaired) electrons. The lowest BCUT2D eigenvalue weighted by Crippen LogP contribution is -2.30. The van der Waals surface area contributed by atoms with Crippen molar-refractivity contribution in [2.24, 2.45) is 12.9 Å². The van der Waals surface area contributed by atoms with Crippen LogP contribution in [-0.4, -0.2) is 26.9 Å². The van der Waals surface area contributed by atoms with E-state index in [0.29, 0.717) is 5.75 Å². The molecule has 3 N–H and O–H groups in total. The molecule has 7 nitrogen and oxygen atoms in total. The van der Waals surface area contributed by atoms with Crippen molar-refractivity contribution < 1.29 is 4.74 Å². The molecule has 0 saturated carbocycles. The van der Waals surface area contributed by atoms with E-state index in [1.54, 1.807) is 30.4 Å². The van der Waals surface area contributed by atoms with E-state index >= 15 is 0 Å².